The van der Waals surface area contributed by atoms with Gasteiger partial charge in [-0.05, 0) is 25.0 Å². The Hall–Kier alpha value is -2.37. The van der Waals surface area contributed by atoms with Gasteiger partial charge in [-0.3, -0.25) is 0 Å². The molecule has 0 bridgehead atoms. The molecular weight excluding hydrogens is 256 g/mol. The molecule has 6 nitrogen and oxygen atoms in total. The first kappa shape index (κ1) is 11.5. The minimum Gasteiger partial charge on any atom is -0.485 e. The number of fused-ring (bicyclic) bond motifs is 1. The van der Waals surface area contributed by atoms with Gasteiger partial charge in [0.1, 0.15) is 12.4 Å². The minimum atomic E-state index is -0.340. The van der Waals surface area contributed by atoms with Gasteiger partial charge >= 0.3 is 0 Å². The molecule has 2 aromatic rings. The Kier molecular flexibility index (Phi) is 2.48. The Labute approximate surface area is 116 Å². The van der Waals surface area contributed by atoms with Crippen LogP contribution >= 0.6 is 0 Å². The predicted molar refractivity (Wildman–Crippen MR) is 71.5 cm³/mol. The molecule has 102 valence electrons. The molecule has 0 saturated heterocycles. The average molecular weight is 270 g/mol. The average Bonchev–Trinajstić information content (AvgIpc) is 3.31. The second kappa shape index (κ2) is 4.33. The van der Waals surface area contributed by atoms with Crippen LogP contribution in [0.25, 0.3) is 0 Å². The zero-order valence-electron chi connectivity index (χ0n) is 10.8. The van der Waals surface area contributed by atoms with Crippen molar-refractivity contribution in [1.29, 1.82) is 0 Å². The monoisotopic (exact) mass is 270 g/mol. The number of hydrogen-bond acceptors (Lipinski definition) is 6. The molecule has 1 fully saturated rings. The third-order valence-corrected chi connectivity index (χ3v) is 3.43. The Morgan fingerprint density at radius 2 is 1.75 bits per heavy atom. The van der Waals surface area contributed by atoms with Gasteiger partial charge in [0.2, 0.25) is 5.95 Å². The van der Waals surface area contributed by atoms with Crippen molar-refractivity contribution >= 4 is 5.95 Å². The van der Waals surface area contributed by atoms with Gasteiger partial charge in [0.05, 0.1) is 0 Å². The van der Waals surface area contributed by atoms with Crippen LogP contribution in [-0.4, -0.2) is 21.6 Å². The van der Waals surface area contributed by atoms with Crippen LogP contribution < -0.4 is 15.2 Å². The number of nitrogen functional groups attached to an aromatic ring is 1. The Morgan fingerprint density at radius 1 is 1.00 bits per heavy atom. The molecular formula is C14H14N4O2. The molecule has 0 radical (unpaired) electrons. The fourth-order valence-corrected chi connectivity index (χ4v) is 2.24. The van der Waals surface area contributed by atoms with Crippen molar-refractivity contribution in [3.63, 3.8) is 0 Å². The zero-order chi connectivity index (χ0) is 13.5. The molecule has 20 heavy (non-hydrogen) atoms. The molecule has 2 N–H and O–H groups in total. The first-order valence-corrected chi connectivity index (χ1v) is 6.69. The van der Waals surface area contributed by atoms with Crippen molar-refractivity contribution in [3.05, 3.63) is 35.9 Å². The van der Waals surface area contributed by atoms with Crippen molar-refractivity contribution in [3.8, 4) is 11.5 Å². The molecule has 1 aliphatic heterocycles. The minimum absolute atomic E-state index is 0.249. The van der Waals surface area contributed by atoms with Crippen LogP contribution in [0.5, 0.6) is 11.5 Å². The van der Waals surface area contributed by atoms with Crippen molar-refractivity contribution in [2.45, 2.75) is 24.9 Å². The van der Waals surface area contributed by atoms with E-state index < -0.39 is 0 Å². The summed E-state index contributed by atoms with van der Waals surface area (Å²) in [5, 5.41) is 0. The number of hydrogen-bond donors (Lipinski definition) is 1. The number of benzene rings is 1. The van der Waals surface area contributed by atoms with Gasteiger partial charge in [0.15, 0.2) is 23.4 Å². The van der Waals surface area contributed by atoms with Crippen LogP contribution in [0.2, 0.25) is 0 Å². The Balaban J connectivity index is 1.65. The van der Waals surface area contributed by atoms with E-state index >= 15 is 0 Å². The fourth-order valence-electron chi connectivity index (χ4n) is 2.24. The molecule has 0 amide bonds. The van der Waals surface area contributed by atoms with E-state index in [1.165, 1.54) is 0 Å². The molecule has 1 aromatic carbocycles. The first-order valence-electron chi connectivity index (χ1n) is 6.69. The van der Waals surface area contributed by atoms with E-state index in [0.29, 0.717) is 24.1 Å². The van der Waals surface area contributed by atoms with Crippen LogP contribution in [0.15, 0.2) is 24.3 Å². The molecule has 4 rings (SSSR count). The van der Waals surface area contributed by atoms with Gasteiger partial charge < -0.3 is 15.2 Å². The normalized spacial score (nSPS) is 20.7. The summed E-state index contributed by atoms with van der Waals surface area (Å²) in [5.74, 6) is 3.45. The summed E-state index contributed by atoms with van der Waals surface area (Å²) < 4.78 is 11.6. The lowest BCUT2D eigenvalue weighted by atomic mass is 10.2. The molecule has 0 spiro atoms. The summed E-state index contributed by atoms with van der Waals surface area (Å²) in [6, 6.07) is 7.56. The van der Waals surface area contributed by atoms with E-state index in [9.17, 15) is 0 Å². The van der Waals surface area contributed by atoms with E-state index in [0.717, 1.165) is 24.4 Å². The van der Waals surface area contributed by atoms with Crippen LogP contribution in [0.4, 0.5) is 5.95 Å². The standard InChI is InChI=1S/C14H14N4O2/c15-14-17-12(8-5-6-8)16-13(18-14)11-7-19-9-3-1-2-4-10(9)20-11/h1-4,8,11H,5-7H2,(H2,15,16,17,18). The largest absolute Gasteiger partial charge is 0.485 e. The summed E-state index contributed by atoms with van der Waals surface area (Å²) in [6.45, 7) is 0.380. The molecule has 1 unspecified atom stereocenters. The number of ether oxygens (including phenoxy) is 2. The van der Waals surface area contributed by atoms with Crippen molar-refractivity contribution < 1.29 is 9.47 Å². The second-order valence-corrected chi connectivity index (χ2v) is 5.05. The highest BCUT2D eigenvalue weighted by atomic mass is 16.6. The van der Waals surface area contributed by atoms with Gasteiger partial charge in [0, 0.05) is 5.92 Å². The third-order valence-electron chi connectivity index (χ3n) is 3.43. The van der Waals surface area contributed by atoms with Gasteiger partial charge in [0.25, 0.3) is 0 Å². The van der Waals surface area contributed by atoms with E-state index in [4.69, 9.17) is 15.2 Å². The number of rotatable bonds is 2. The van der Waals surface area contributed by atoms with E-state index in [2.05, 4.69) is 15.0 Å². The third kappa shape index (κ3) is 2.03. The van der Waals surface area contributed by atoms with E-state index in [-0.39, 0.29) is 12.1 Å². The lowest BCUT2D eigenvalue weighted by Gasteiger charge is -2.25. The fraction of sp³-hybridized carbons (Fsp3) is 0.357. The lowest BCUT2D eigenvalue weighted by molar-refractivity contribution is 0.0848. The molecule has 1 aliphatic carbocycles. The maximum Gasteiger partial charge on any atom is 0.223 e. The van der Waals surface area contributed by atoms with Crippen molar-refractivity contribution in [1.82, 2.24) is 15.0 Å². The summed E-state index contributed by atoms with van der Waals surface area (Å²) in [4.78, 5) is 12.9. The molecule has 1 aromatic heterocycles. The highest BCUT2D eigenvalue weighted by Gasteiger charge is 2.30. The SMILES string of the molecule is Nc1nc(C2CC2)nc(C2COc3ccccc3O2)n1. The second-order valence-electron chi connectivity index (χ2n) is 5.05. The lowest BCUT2D eigenvalue weighted by Crippen LogP contribution is -2.24. The maximum absolute atomic E-state index is 5.89. The van der Waals surface area contributed by atoms with Crippen LogP contribution in [0.3, 0.4) is 0 Å². The smallest absolute Gasteiger partial charge is 0.223 e. The van der Waals surface area contributed by atoms with Crippen LogP contribution in [-0.2, 0) is 0 Å². The predicted octanol–water partition coefficient (Wildman–Crippen LogP) is 1.84. The number of anilines is 1. The highest BCUT2D eigenvalue weighted by Crippen LogP contribution is 2.39. The van der Waals surface area contributed by atoms with Gasteiger partial charge in [-0.1, -0.05) is 12.1 Å². The van der Waals surface area contributed by atoms with Crippen LogP contribution in [0, 0.1) is 0 Å². The summed E-state index contributed by atoms with van der Waals surface area (Å²) in [6.07, 6.45) is 1.90. The summed E-state index contributed by atoms with van der Waals surface area (Å²) in [7, 11) is 0. The summed E-state index contributed by atoms with van der Waals surface area (Å²) in [5.41, 5.74) is 5.77. The maximum atomic E-state index is 5.89. The number of nitrogens with zero attached hydrogens (tertiary/aromatic N) is 3. The number of aromatic nitrogens is 3. The zero-order valence-corrected chi connectivity index (χ0v) is 10.8. The topological polar surface area (TPSA) is 83.2 Å². The van der Waals surface area contributed by atoms with Crippen molar-refractivity contribution in [2.24, 2.45) is 0 Å². The van der Waals surface area contributed by atoms with Crippen molar-refractivity contribution in [2.75, 3.05) is 12.3 Å². The van der Waals surface area contributed by atoms with E-state index in [1.807, 2.05) is 24.3 Å². The number of para-hydroxylation sites is 2. The molecule has 2 aliphatic rings. The van der Waals surface area contributed by atoms with Crippen LogP contribution in [0.1, 0.15) is 36.5 Å². The summed E-state index contributed by atoms with van der Waals surface area (Å²) >= 11 is 0. The molecule has 1 saturated carbocycles. The van der Waals surface area contributed by atoms with Gasteiger partial charge in [-0.25, -0.2) is 4.98 Å². The first-order chi connectivity index (χ1) is 9.79. The number of nitrogens with two attached hydrogens (primary N) is 1. The molecule has 6 heteroatoms. The van der Waals surface area contributed by atoms with Gasteiger partial charge in [-0.2, -0.15) is 9.97 Å². The molecule has 2 heterocycles. The Bertz CT molecular complexity index is 657. The Morgan fingerprint density at radius 3 is 2.55 bits per heavy atom. The van der Waals surface area contributed by atoms with Gasteiger partial charge in [-0.15, -0.1) is 0 Å². The quantitative estimate of drug-likeness (QED) is 0.896. The van der Waals surface area contributed by atoms with E-state index in [1.54, 1.807) is 0 Å². The molecule has 1 atom stereocenters. The highest BCUT2D eigenvalue weighted by molar-refractivity contribution is 5.41.